The number of piperazine rings is 1. The van der Waals surface area contributed by atoms with Crippen LogP contribution in [-0.2, 0) is 14.3 Å². The fraction of sp³-hybridized carbons (Fsp3) is 0.727. The average Bonchev–Trinajstić information content (AvgIpc) is 2.31. The topological polar surface area (TPSA) is 108 Å². The number of nitrogens with one attached hydrogen (secondary N) is 2. The number of carboxylic acid groups (broad SMARTS) is 1. The number of carboxylic acids is 1. The molecular weight excluding hydrogens is 254 g/mol. The van der Waals surface area contributed by atoms with Crippen molar-refractivity contribution in [1.82, 2.24) is 15.5 Å². The number of ether oxygens (including phenoxy) is 1. The van der Waals surface area contributed by atoms with Crippen molar-refractivity contribution in [2.45, 2.75) is 25.4 Å². The minimum absolute atomic E-state index is 0.137. The van der Waals surface area contributed by atoms with Gasteiger partial charge in [0, 0.05) is 20.2 Å². The van der Waals surface area contributed by atoms with Crippen molar-refractivity contribution < 1.29 is 24.2 Å². The second-order valence-corrected chi connectivity index (χ2v) is 4.76. The van der Waals surface area contributed by atoms with Crippen LogP contribution in [0, 0.1) is 0 Å². The van der Waals surface area contributed by atoms with E-state index in [9.17, 15) is 14.4 Å². The largest absolute Gasteiger partial charge is 0.480 e. The van der Waals surface area contributed by atoms with Gasteiger partial charge in [0.15, 0.2) is 6.04 Å². The number of carbonyl (C=O) groups is 3. The molecule has 1 heterocycles. The van der Waals surface area contributed by atoms with Crippen LogP contribution < -0.4 is 10.6 Å². The summed E-state index contributed by atoms with van der Waals surface area (Å²) in [7, 11) is 1.35. The number of urea groups is 1. The molecule has 0 bridgehead atoms. The number of carbonyl (C=O) groups excluding carboxylic acids is 2. The second-order valence-electron chi connectivity index (χ2n) is 4.76. The summed E-state index contributed by atoms with van der Waals surface area (Å²) in [6.07, 6.45) is 0. The van der Waals surface area contributed by atoms with Gasteiger partial charge in [-0.1, -0.05) is 0 Å². The summed E-state index contributed by atoms with van der Waals surface area (Å²) in [6, 6.07) is -1.73. The van der Waals surface area contributed by atoms with Gasteiger partial charge >= 0.3 is 12.0 Å². The molecule has 0 aromatic heterocycles. The molecule has 8 nitrogen and oxygen atoms in total. The van der Waals surface area contributed by atoms with Crippen LogP contribution in [0.3, 0.4) is 0 Å². The van der Waals surface area contributed by atoms with Crippen LogP contribution in [0.25, 0.3) is 0 Å². The van der Waals surface area contributed by atoms with E-state index in [0.717, 1.165) is 0 Å². The quantitative estimate of drug-likeness (QED) is 0.609. The molecule has 0 aromatic carbocycles. The molecule has 108 valence electrons. The lowest BCUT2D eigenvalue weighted by atomic mass is 9.99. The lowest BCUT2D eigenvalue weighted by Crippen LogP contribution is -2.66. The summed E-state index contributed by atoms with van der Waals surface area (Å²) in [5.74, 6) is -1.46. The molecule has 0 aliphatic carbocycles. The Labute approximate surface area is 111 Å². The number of aliphatic carboxylic acids is 1. The molecule has 1 fully saturated rings. The van der Waals surface area contributed by atoms with Crippen LogP contribution in [0.15, 0.2) is 0 Å². The predicted molar refractivity (Wildman–Crippen MR) is 65.6 cm³/mol. The van der Waals surface area contributed by atoms with Gasteiger partial charge in [-0.05, 0) is 13.8 Å². The van der Waals surface area contributed by atoms with Gasteiger partial charge < -0.3 is 25.4 Å². The van der Waals surface area contributed by atoms with Gasteiger partial charge in [0.1, 0.15) is 5.54 Å². The number of hydrogen-bond donors (Lipinski definition) is 3. The Bertz CT molecular complexity index is 383. The fourth-order valence-electron chi connectivity index (χ4n) is 1.82. The van der Waals surface area contributed by atoms with Gasteiger partial charge in [0.05, 0.1) is 6.61 Å². The first-order valence-electron chi connectivity index (χ1n) is 5.89. The highest BCUT2D eigenvalue weighted by atomic mass is 16.5. The summed E-state index contributed by atoms with van der Waals surface area (Å²) in [4.78, 5) is 36.0. The van der Waals surface area contributed by atoms with Crippen molar-refractivity contribution in [2.75, 3.05) is 26.8 Å². The van der Waals surface area contributed by atoms with Gasteiger partial charge in [-0.3, -0.25) is 4.79 Å². The van der Waals surface area contributed by atoms with Gasteiger partial charge in [0.25, 0.3) is 0 Å². The van der Waals surface area contributed by atoms with Crippen molar-refractivity contribution in [3.63, 3.8) is 0 Å². The summed E-state index contributed by atoms with van der Waals surface area (Å²) >= 11 is 0. The molecule has 1 aliphatic rings. The summed E-state index contributed by atoms with van der Waals surface area (Å²) in [5, 5.41) is 13.9. The Morgan fingerprint density at radius 1 is 1.58 bits per heavy atom. The highest BCUT2D eigenvalue weighted by Crippen LogP contribution is 2.17. The molecule has 0 aromatic rings. The van der Waals surface area contributed by atoms with Crippen molar-refractivity contribution >= 4 is 17.9 Å². The van der Waals surface area contributed by atoms with Crippen LogP contribution in [0.5, 0.6) is 0 Å². The molecule has 0 radical (unpaired) electrons. The molecular formula is C11H19N3O5. The zero-order valence-electron chi connectivity index (χ0n) is 11.2. The Morgan fingerprint density at radius 2 is 2.21 bits per heavy atom. The molecule has 1 atom stereocenters. The average molecular weight is 273 g/mol. The number of rotatable bonds is 4. The first-order valence-corrected chi connectivity index (χ1v) is 5.89. The smallest absolute Gasteiger partial charge is 0.328 e. The number of amides is 3. The standard InChI is InChI=1S/C11H19N3O5/c1-11(2)9(17)12-4-5-14(11)10(18)13-7(6-19-3)8(15)16/h7H,4-6H2,1-3H3,(H,12,17)(H,13,18)(H,15,16). The van der Waals surface area contributed by atoms with Crippen LogP contribution in [-0.4, -0.2) is 66.3 Å². The number of hydrogen-bond acceptors (Lipinski definition) is 4. The maximum atomic E-state index is 12.1. The number of nitrogens with zero attached hydrogens (tertiary/aromatic N) is 1. The molecule has 19 heavy (non-hydrogen) atoms. The molecule has 1 saturated heterocycles. The Morgan fingerprint density at radius 3 is 2.74 bits per heavy atom. The van der Waals surface area contributed by atoms with Gasteiger partial charge in [-0.15, -0.1) is 0 Å². The zero-order valence-corrected chi connectivity index (χ0v) is 11.2. The van der Waals surface area contributed by atoms with E-state index in [1.807, 2.05) is 0 Å². The minimum Gasteiger partial charge on any atom is -0.480 e. The SMILES string of the molecule is COCC(NC(=O)N1CCNC(=O)C1(C)C)C(=O)O. The summed E-state index contributed by atoms with van der Waals surface area (Å²) < 4.78 is 4.73. The molecule has 1 unspecified atom stereocenters. The van der Waals surface area contributed by atoms with Gasteiger partial charge in [-0.25, -0.2) is 9.59 Å². The Kier molecular flexibility index (Phi) is 4.71. The maximum Gasteiger partial charge on any atom is 0.328 e. The Balaban J connectivity index is 2.76. The Hall–Kier alpha value is -1.83. The molecule has 1 aliphatic heterocycles. The third-order valence-electron chi connectivity index (χ3n) is 3.03. The van der Waals surface area contributed by atoms with E-state index in [4.69, 9.17) is 9.84 Å². The number of methoxy groups -OCH3 is 1. The lowest BCUT2D eigenvalue weighted by molar-refractivity contribution is -0.140. The van der Waals surface area contributed by atoms with Crippen molar-refractivity contribution in [3.05, 3.63) is 0 Å². The minimum atomic E-state index is -1.19. The van der Waals surface area contributed by atoms with Gasteiger partial charge in [0.2, 0.25) is 5.91 Å². The van der Waals surface area contributed by atoms with E-state index in [1.165, 1.54) is 12.0 Å². The monoisotopic (exact) mass is 273 g/mol. The molecule has 1 rings (SSSR count). The van der Waals surface area contributed by atoms with E-state index < -0.39 is 23.6 Å². The van der Waals surface area contributed by atoms with E-state index >= 15 is 0 Å². The van der Waals surface area contributed by atoms with E-state index in [2.05, 4.69) is 10.6 Å². The second kappa shape index (κ2) is 5.87. The summed E-state index contributed by atoms with van der Waals surface area (Å²) in [5.41, 5.74) is -1.02. The van der Waals surface area contributed by atoms with Gasteiger partial charge in [-0.2, -0.15) is 0 Å². The van der Waals surface area contributed by atoms with Crippen molar-refractivity contribution in [2.24, 2.45) is 0 Å². The van der Waals surface area contributed by atoms with E-state index in [0.29, 0.717) is 13.1 Å². The van der Waals surface area contributed by atoms with Crippen LogP contribution in [0.1, 0.15) is 13.8 Å². The maximum absolute atomic E-state index is 12.1. The van der Waals surface area contributed by atoms with Crippen LogP contribution in [0.2, 0.25) is 0 Å². The molecule has 3 N–H and O–H groups in total. The predicted octanol–water partition coefficient (Wildman–Crippen LogP) is -0.994. The highest BCUT2D eigenvalue weighted by Gasteiger charge is 2.41. The first kappa shape index (κ1) is 15.2. The van der Waals surface area contributed by atoms with Crippen molar-refractivity contribution in [1.29, 1.82) is 0 Å². The molecule has 0 spiro atoms. The third-order valence-corrected chi connectivity index (χ3v) is 3.03. The van der Waals surface area contributed by atoms with E-state index in [1.54, 1.807) is 13.8 Å². The fourth-order valence-corrected chi connectivity index (χ4v) is 1.82. The third kappa shape index (κ3) is 3.34. The van der Waals surface area contributed by atoms with Crippen LogP contribution in [0.4, 0.5) is 4.79 Å². The van der Waals surface area contributed by atoms with Crippen molar-refractivity contribution in [3.8, 4) is 0 Å². The lowest BCUT2D eigenvalue weighted by Gasteiger charge is -2.41. The summed E-state index contributed by atoms with van der Waals surface area (Å²) in [6.45, 7) is 3.74. The molecule has 0 saturated carbocycles. The normalized spacial score (nSPS) is 19.5. The van der Waals surface area contributed by atoms with E-state index in [-0.39, 0.29) is 12.5 Å². The first-order chi connectivity index (χ1) is 8.80. The molecule has 8 heteroatoms. The zero-order chi connectivity index (χ0) is 14.6. The van der Waals surface area contributed by atoms with Crippen LogP contribution >= 0.6 is 0 Å². The highest BCUT2D eigenvalue weighted by molar-refractivity contribution is 5.92. The molecule has 3 amide bonds.